The Balaban J connectivity index is 1.77. The number of nitrogens with zero attached hydrogens (tertiary/aromatic N) is 2. The highest BCUT2D eigenvalue weighted by atomic mass is 32.2. The SMILES string of the molecule is CCN(Cc1ccccc1)C(=O)C1CSC2(C)CSCC(=O)N12. The summed E-state index contributed by atoms with van der Waals surface area (Å²) in [5.74, 6) is 2.27. The fourth-order valence-electron chi connectivity index (χ4n) is 3.22. The van der Waals surface area contributed by atoms with E-state index in [2.05, 4.69) is 6.92 Å². The Morgan fingerprint density at radius 1 is 1.39 bits per heavy atom. The third kappa shape index (κ3) is 3.24. The van der Waals surface area contributed by atoms with Gasteiger partial charge in [0.05, 0.1) is 10.6 Å². The maximum Gasteiger partial charge on any atom is 0.246 e. The number of rotatable bonds is 4. The zero-order valence-corrected chi connectivity index (χ0v) is 15.2. The quantitative estimate of drug-likeness (QED) is 0.836. The summed E-state index contributed by atoms with van der Waals surface area (Å²) < 4.78 is 0. The molecule has 1 aromatic carbocycles. The molecule has 1 aromatic rings. The van der Waals surface area contributed by atoms with Gasteiger partial charge < -0.3 is 9.80 Å². The lowest BCUT2D eigenvalue weighted by molar-refractivity contribution is -0.145. The molecule has 2 aliphatic rings. The molecule has 0 aromatic heterocycles. The molecule has 2 fully saturated rings. The van der Waals surface area contributed by atoms with Crippen LogP contribution in [-0.2, 0) is 16.1 Å². The number of hydrogen-bond acceptors (Lipinski definition) is 4. The number of carbonyl (C=O) groups is 2. The second-order valence-electron chi connectivity index (χ2n) is 6.10. The summed E-state index contributed by atoms with van der Waals surface area (Å²) in [6.45, 7) is 5.34. The van der Waals surface area contributed by atoms with Gasteiger partial charge in [0.25, 0.3) is 0 Å². The fourth-order valence-corrected chi connectivity index (χ4v) is 5.91. The Morgan fingerprint density at radius 3 is 2.83 bits per heavy atom. The number of hydrogen-bond donors (Lipinski definition) is 0. The molecule has 0 saturated carbocycles. The summed E-state index contributed by atoms with van der Waals surface area (Å²) in [5, 5.41) is 0. The monoisotopic (exact) mass is 350 g/mol. The third-order valence-electron chi connectivity index (χ3n) is 4.43. The first-order valence-corrected chi connectivity index (χ1v) is 10.1. The molecule has 2 unspecified atom stereocenters. The maximum atomic E-state index is 13.0. The molecule has 2 amide bonds. The average Bonchev–Trinajstić information content (AvgIpc) is 2.92. The van der Waals surface area contributed by atoms with Crippen LogP contribution < -0.4 is 0 Å². The van der Waals surface area contributed by atoms with Crippen LogP contribution in [0.5, 0.6) is 0 Å². The minimum Gasteiger partial charge on any atom is -0.337 e. The normalized spacial score (nSPS) is 27.0. The Kier molecular flexibility index (Phi) is 4.92. The predicted molar refractivity (Wildman–Crippen MR) is 96.4 cm³/mol. The molecule has 4 nitrogen and oxygen atoms in total. The molecular formula is C17H22N2O2S2. The lowest BCUT2D eigenvalue weighted by atomic mass is 10.1. The van der Waals surface area contributed by atoms with E-state index in [4.69, 9.17) is 0 Å². The highest BCUT2D eigenvalue weighted by Gasteiger charge is 2.51. The van der Waals surface area contributed by atoms with Crippen molar-refractivity contribution in [2.45, 2.75) is 31.3 Å². The zero-order valence-electron chi connectivity index (χ0n) is 13.5. The number of benzene rings is 1. The summed E-state index contributed by atoms with van der Waals surface area (Å²) in [6, 6.07) is 9.70. The second kappa shape index (κ2) is 6.77. The summed E-state index contributed by atoms with van der Waals surface area (Å²) in [4.78, 5) is 28.9. The van der Waals surface area contributed by atoms with E-state index >= 15 is 0 Å². The summed E-state index contributed by atoms with van der Waals surface area (Å²) in [5.41, 5.74) is 1.12. The molecule has 2 saturated heterocycles. The predicted octanol–water partition coefficient (Wildman–Crippen LogP) is 2.44. The minimum atomic E-state index is -0.318. The Bertz CT molecular complexity index is 596. The topological polar surface area (TPSA) is 40.6 Å². The summed E-state index contributed by atoms with van der Waals surface area (Å²) in [7, 11) is 0. The van der Waals surface area contributed by atoms with Crippen molar-refractivity contribution in [2.24, 2.45) is 0 Å². The largest absolute Gasteiger partial charge is 0.337 e. The van der Waals surface area contributed by atoms with Gasteiger partial charge in [0.2, 0.25) is 11.8 Å². The van der Waals surface area contributed by atoms with E-state index in [1.807, 2.05) is 47.1 Å². The molecule has 0 aliphatic carbocycles. The Labute approximate surface area is 146 Å². The molecule has 0 radical (unpaired) electrons. The Hall–Kier alpha value is -1.14. The van der Waals surface area contributed by atoms with Crippen molar-refractivity contribution in [1.29, 1.82) is 0 Å². The van der Waals surface area contributed by atoms with Gasteiger partial charge in [0, 0.05) is 24.6 Å². The van der Waals surface area contributed by atoms with Crippen LogP contribution in [0.1, 0.15) is 19.4 Å². The maximum absolute atomic E-state index is 13.0. The van der Waals surface area contributed by atoms with Gasteiger partial charge in [-0.1, -0.05) is 30.3 Å². The van der Waals surface area contributed by atoms with Crippen LogP contribution in [0.15, 0.2) is 30.3 Å². The minimum absolute atomic E-state index is 0.0767. The standard InChI is InChI=1S/C17H22N2O2S2/c1-3-18(9-13-7-5-4-6-8-13)16(21)14-10-23-17(2)12-22-11-15(20)19(14)17/h4-8,14H,3,9-12H2,1-2H3. The van der Waals surface area contributed by atoms with E-state index in [0.717, 1.165) is 11.3 Å². The van der Waals surface area contributed by atoms with Gasteiger partial charge in [-0.05, 0) is 19.4 Å². The van der Waals surface area contributed by atoms with Gasteiger partial charge >= 0.3 is 0 Å². The number of carbonyl (C=O) groups excluding carboxylic acids is 2. The highest BCUT2D eigenvalue weighted by Crippen LogP contribution is 2.44. The van der Waals surface area contributed by atoms with Gasteiger partial charge in [-0.3, -0.25) is 9.59 Å². The molecule has 2 atom stereocenters. The first kappa shape index (κ1) is 16.7. The van der Waals surface area contributed by atoms with Crippen molar-refractivity contribution in [1.82, 2.24) is 9.80 Å². The van der Waals surface area contributed by atoms with Crippen LogP contribution in [0.3, 0.4) is 0 Å². The van der Waals surface area contributed by atoms with Crippen molar-refractivity contribution >= 4 is 35.3 Å². The lowest BCUT2D eigenvalue weighted by Gasteiger charge is -2.41. The van der Waals surface area contributed by atoms with E-state index < -0.39 is 0 Å². The van der Waals surface area contributed by atoms with Crippen LogP contribution in [0.25, 0.3) is 0 Å². The van der Waals surface area contributed by atoms with Crippen LogP contribution in [0, 0.1) is 0 Å². The van der Waals surface area contributed by atoms with Crippen molar-refractivity contribution in [3.05, 3.63) is 35.9 Å². The number of fused-ring (bicyclic) bond motifs is 1. The van der Waals surface area contributed by atoms with E-state index in [-0.39, 0.29) is 22.7 Å². The molecule has 2 aliphatic heterocycles. The molecule has 3 rings (SSSR count). The van der Waals surface area contributed by atoms with Crippen molar-refractivity contribution < 1.29 is 9.59 Å². The summed E-state index contributed by atoms with van der Waals surface area (Å²) in [6.07, 6.45) is 0. The van der Waals surface area contributed by atoms with Crippen molar-refractivity contribution in [3.63, 3.8) is 0 Å². The molecule has 0 bridgehead atoms. The smallest absolute Gasteiger partial charge is 0.246 e. The van der Waals surface area contributed by atoms with Crippen LogP contribution >= 0.6 is 23.5 Å². The lowest BCUT2D eigenvalue weighted by Crippen LogP contribution is -2.57. The van der Waals surface area contributed by atoms with E-state index in [0.29, 0.717) is 24.6 Å². The van der Waals surface area contributed by atoms with E-state index in [1.165, 1.54) is 0 Å². The van der Waals surface area contributed by atoms with Crippen LogP contribution in [0.2, 0.25) is 0 Å². The number of thioether (sulfide) groups is 2. The van der Waals surface area contributed by atoms with Crippen LogP contribution in [0.4, 0.5) is 0 Å². The number of likely N-dealkylation sites (N-methyl/N-ethyl adjacent to an activating group) is 1. The second-order valence-corrected chi connectivity index (χ2v) is 8.58. The molecule has 0 N–H and O–H groups in total. The average molecular weight is 351 g/mol. The summed E-state index contributed by atoms with van der Waals surface area (Å²) >= 11 is 3.41. The van der Waals surface area contributed by atoms with E-state index in [9.17, 15) is 9.59 Å². The first-order chi connectivity index (χ1) is 11.0. The van der Waals surface area contributed by atoms with Gasteiger partial charge in [0.1, 0.15) is 6.04 Å². The third-order valence-corrected chi connectivity index (χ3v) is 7.28. The van der Waals surface area contributed by atoms with Gasteiger partial charge in [0.15, 0.2) is 0 Å². The van der Waals surface area contributed by atoms with Crippen molar-refractivity contribution in [2.75, 3.05) is 23.8 Å². The Morgan fingerprint density at radius 2 is 2.13 bits per heavy atom. The molecule has 0 spiro atoms. The van der Waals surface area contributed by atoms with Crippen molar-refractivity contribution in [3.8, 4) is 0 Å². The molecule has 124 valence electrons. The molecule has 2 heterocycles. The van der Waals surface area contributed by atoms with Gasteiger partial charge in [-0.25, -0.2) is 0 Å². The number of amides is 2. The fraction of sp³-hybridized carbons (Fsp3) is 0.529. The van der Waals surface area contributed by atoms with Crippen LogP contribution in [-0.4, -0.2) is 56.3 Å². The molecule has 6 heteroatoms. The van der Waals surface area contributed by atoms with E-state index in [1.54, 1.807) is 23.5 Å². The zero-order chi connectivity index (χ0) is 16.4. The highest BCUT2D eigenvalue weighted by molar-refractivity contribution is 8.04. The molecule has 23 heavy (non-hydrogen) atoms. The first-order valence-electron chi connectivity index (χ1n) is 7.92. The van der Waals surface area contributed by atoms with Gasteiger partial charge in [-0.15, -0.1) is 23.5 Å². The molecular weight excluding hydrogens is 328 g/mol. The van der Waals surface area contributed by atoms with Gasteiger partial charge in [-0.2, -0.15) is 0 Å².